The number of halogens is 2. The van der Waals surface area contributed by atoms with Crippen LogP contribution < -0.4 is 14.4 Å². The minimum Gasteiger partial charge on any atom is -0.508 e. The molecule has 0 spiro atoms. The Morgan fingerprint density at radius 2 is 1.83 bits per heavy atom. The number of methoxy groups -OCH3 is 1. The maximum absolute atomic E-state index is 17.2. The number of piperidine rings is 1. The first kappa shape index (κ1) is 33.7. The van der Waals surface area contributed by atoms with E-state index in [2.05, 4.69) is 20.8 Å². The van der Waals surface area contributed by atoms with Gasteiger partial charge in [-0.2, -0.15) is 9.97 Å². The second kappa shape index (κ2) is 12.8. The molecule has 0 radical (unpaired) electrons. The van der Waals surface area contributed by atoms with E-state index in [1.807, 2.05) is 9.80 Å². The monoisotopic (exact) mass is 722 g/mol. The van der Waals surface area contributed by atoms with Crippen LogP contribution in [0, 0.1) is 41.2 Å². The molecule has 1 N–H and O–H groups in total. The zero-order valence-electron chi connectivity index (χ0n) is 29.5. The standard InChI is InChI=1S/C40H40F2N6O5/c1-3-28-30(41)9-6-22-14-27(50)15-29(32(22)28)35-34(42)36-33(38(43-35)52-2)37(47-18-25-7-8-26(19-47)48(25)31(51)5-4-12-49)45-39(44-36)53-21-40(10-11-40)20-46-16-23-13-24(23)17-46/h1,6,9,12,14-15,23-26,50H,4-5,7-8,10-11,13,16-21H2,2H3. The van der Waals surface area contributed by atoms with Gasteiger partial charge in [0.2, 0.25) is 11.8 Å². The molecule has 5 fully saturated rings. The van der Waals surface area contributed by atoms with Crippen LogP contribution in [0.25, 0.3) is 32.9 Å². The van der Waals surface area contributed by atoms with Crippen LogP contribution in [0.5, 0.6) is 17.6 Å². The van der Waals surface area contributed by atoms with Crippen molar-refractivity contribution in [1.29, 1.82) is 0 Å². The van der Waals surface area contributed by atoms with Crippen LogP contribution in [-0.2, 0) is 9.59 Å². The Bertz CT molecular complexity index is 2200. The van der Waals surface area contributed by atoms with E-state index >= 15 is 8.78 Å². The Balaban J connectivity index is 1.15. The Labute approximate surface area is 305 Å². The predicted molar refractivity (Wildman–Crippen MR) is 193 cm³/mol. The van der Waals surface area contributed by atoms with E-state index in [1.165, 1.54) is 37.8 Å². The second-order valence-electron chi connectivity index (χ2n) is 15.5. The maximum Gasteiger partial charge on any atom is 0.319 e. The van der Waals surface area contributed by atoms with Crippen molar-refractivity contribution in [2.45, 2.75) is 57.0 Å². The van der Waals surface area contributed by atoms with E-state index in [0.29, 0.717) is 30.9 Å². The molecule has 3 aliphatic heterocycles. The normalized spacial score (nSPS) is 24.0. The third kappa shape index (κ3) is 5.87. The van der Waals surface area contributed by atoms with Crippen molar-refractivity contribution in [3.05, 3.63) is 41.5 Å². The smallest absolute Gasteiger partial charge is 0.319 e. The fourth-order valence-corrected chi connectivity index (χ4v) is 9.11. The fourth-order valence-electron chi connectivity index (χ4n) is 9.11. The van der Waals surface area contributed by atoms with Crippen molar-refractivity contribution in [2.75, 3.05) is 51.3 Å². The van der Waals surface area contributed by atoms with Gasteiger partial charge in [-0.05, 0) is 67.5 Å². The number of carbonyl (C=O) groups excluding carboxylic acids is 2. The van der Waals surface area contributed by atoms with Gasteiger partial charge in [0.1, 0.15) is 40.3 Å². The van der Waals surface area contributed by atoms with Crippen LogP contribution in [0.3, 0.4) is 0 Å². The number of amides is 1. The number of terminal acetylenes is 1. The first-order valence-corrected chi connectivity index (χ1v) is 18.4. The van der Waals surface area contributed by atoms with E-state index in [0.717, 1.165) is 63.4 Å². The number of phenolic OH excluding ortho intramolecular Hbond substituents is 1. The number of hydrogen-bond donors (Lipinski definition) is 1. The van der Waals surface area contributed by atoms with Gasteiger partial charge < -0.3 is 34.1 Å². The van der Waals surface area contributed by atoms with Crippen LogP contribution in [0.4, 0.5) is 14.6 Å². The number of carbonyl (C=O) groups is 2. The van der Waals surface area contributed by atoms with E-state index < -0.39 is 11.6 Å². The van der Waals surface area contributed by atoms with Gasteiger partial charge in [0.25, 0.3) is 0 Å². The molecule has 2 aromatic carbocycles. The molecule has 53 heavy (non-hydrogen) atoms. The van der Waals surface area contributed by atoms with Gasteiger partial charge in [-0.1, -0.05) is 12.0 Å². The first-order chi connectivity index (χ1) is 25.7. The number of nitrogens with zero attached hydrogens (tertiary/aromatic N) is 6. The van der Waals surface area contributed by atoms with Crippen LogP contribution in [0.15, 0.2) is 24.3 Å². The summed E-state index contributed by atoms with van der Waals surface area (Å²) in [6, 6.07) is 5.16. The molecule has 2 aromatic heterocycles. The number of piperazine rings is 1. The molecule has 13 heteroatoms. The Morgan fingerprint density at radius 1 is 1.08 bits per heavy atom. The molecule has 5 aliphatic rings. The summed E-state index contributed by atoms with van der Waals surface area (Å²) >= 11 is 0. The van der Waals surface area contributed by atoms with Gasteiger partial charge in [0, 0.05) is 74.0 Å². The van der Waals surface area contributed by atoms with Crippen LogP contribution in [0.1, 0.15) is 50.5 Å². The summed E-state index contributed by atoms with van der Waals surface area (Å²) < 4.78 is 44.5. The molecule has 9 rings (SSSR count). The SMILES string of the molecule is C#Cc1c(F)ccc2cc(O)cc(-c3nc(OC)c4c(N5CC6CCC(C5)N6C(=O)CCC=O)nc(OCC5(CN6CC7CC7C6)CC5)nc4c3F)c12. The second-order valence-corrected chi connectivity index (χ2v) is 15.5. The van der Waals surface area contributed by atoms with Crippen LogP contribution >= 0.6 is 0 Å². The fraction of sp³-hybridized carbons (Fsp3) is 0.475. The summed E-state index contributed by atoms with van der Waals surface area (Å²) in [5, 5.41) is 11.5. The van der Waals surface area contributed by atoms with E-state index in [4.69, 9.17) is 20.9 Å². The minimum absolute atomic E-state index is 0.00843. The summed E-state index contributed by atoms with van der Waals surface area (Å²) in [5.74, 6) is 2.68. The summed E-state index contributed by atoms with van der Waals surface area (Å²) in [7, 11) is 1.41. The lowest BCUT2D eigenvalue weighted by Crippen LogP contribution is -2.56. The van der Waals surface area contributed by atoms with Gasteiger partial charge in [-0.15, -0.1) is 6.42 Å². The van der Waals surface area contributed by atoms with Crippen molar-refractivity contribution in [1.82, 2.24) is 24.8 Å². The quantitative estimate of drug-likeness (QED) is 0.166. The number of aromatic nitrogens is 3. The minimum atomic E-state index is -0.837. The van der Waals surface area contributed by atoms with Gasteiger partial charge >= 0.3 is 6.01 Å². The molecule has 1 amide bonds. The summed E-state index contributed by atoms with van der Waals surface area (Å²) in [6.07, 6.45) is 11.8. The van der Waals surface area contributed by atoms with Crippen molar-refractivity contribution < 1.29 is 33.0 Å². The molecule has 11 nitrogen and oxygen atoms in total. The largest absolute Gasteiger partial charge is 0.508 e. The molecular weight excluding hydrogens is 682 g/mol. The third-order valence-electron chi connectivity index (χ3n) is 12.0. The van der Waals surface area contributed by atoms with E-state index in [-0.39, 0.29) is 87.0 Å². The highest BCUT2D eigenvalue weighted by Crippen LogP contribution is 2.51. The Kier molecular flexibility index (Phi) is 8.14. The number of ether oxygens (including phenoxy) is 2. The van der Waals surface area contributed by atoms with Gasteiger partial charge in [-0.3, -0.25) is 4.79 Å². The van der Waals surface area contributed by atoms with E-state index in [9.17, 15) is 14.7 Å². The van der Waals surface area contributed by atoms with Crippen molar-refractivity contribution >= 4 is 39.7 Å². The Morgan fingerprint density at radius 3 is 2.51 bits per heavy atom. The molecule has 2 saturated carbocycles. The first-order valence-electron chi connectivity index (χ1n) is 18.4. The number of benzene rings is 2. The van der Waals surface area contributed by atoms with Crippen molar-refractivity contribution in [3.8, 4) is 41.2 Å². The lowest BCUT2D eigenvalue weighted by molar-refractivity contribution is -0.135. The number of hydrogen-bond acceptors (Lipinski definition) is 10. The maximum atomic E-state index is 17.2. The van der Waals surface area contributed by atoms with Gasteiger partial charge in [0.05, 0.1) is 19.3 Å². The molecule has 4 atom stereocenters. The highest BCUT2D eigenvalue weighted by molar-refractivity contribution is 6.04. The van der Waals surface area contributed by atoms with Crippen molar-refractivity contribution in [2.24, 2.45) is 17.3 Å². The number of phenols is 1. The van der Waals surface area contributed by atoms with Crippen LogP contribution in [-0.4, -0.2) is 101 Å². The van der Waals surface area contributed by atoms with Gasteiger partial charge in [-0.25, -0.2) is 13.8 Å². The number of aromatic hydroxyl groups is 1. The topological polar surface area (TPSA) is 121 Å². The molecular formula is C40H40F2N6O5. The highest BCUT2D eigenvalue weighted by Gasteiger charge is 2.51. The lowest BCUT2D eigenvalue weighted by atomic mass is 9.95. The molecule has 3 saturated heterocycles. The van der Waals surface area contributed by atoms with Crippen LogP contribution in [0.2, 0.25) is 0 Å². The molecule has 2 bridgehead atoms. The molecule has 4 aromatic rings. The Hall–Kier alpha value is -5.09. The van der Waals surface area contributed by atoms with E-state index in [1.54, 1.807) is 0 Å². The predicted octanol–water partition coefficient (Wildman–Crippen LogP) is 5.09. The molecule has 4 unspecified atom stereocenters. The number of pyridine rings is 1. The summed E-state index contributed by atoms with van der Waals surface area (Å²) in [4.78, 5) is 44.8. The highest BCUT2D eigenvalue weighted by atomic mass is 19.1. The average molecular weight is 723 g/mol. The van der Waals surface area contributed by atoms with Gasteiger partial charge in [0.15, 0.2) is 5.82 Å². The lowest BCUT2D eigenvalue weighted by Gasteiger charge is -2.42. The number of likely N-dealkylation sites (tertiary alicyclic amines) is 1. The zero-order valence-corrected chi connectivity index (χ0v) is 29.5. The average Bonchev–Trinajstić information content (AvgIpc) is 4.04. The summed E-state index contributed by atoms with van der Waals surface area (Å²) in [5.41, 5.74) is -0.370. The molecule has 5 heterocycles. The summed E-state index contributed by atoms with van der Waals surface area (Å²) in [6.45, 7) is 4.43. The third-order valence-corrected chi connectivity index (χ3v) is 12.0. The number of rotatable bonds is 11. The van der Waals surface area contributed by atoms with Crippen molar-refractivity contribution in [3.63, 3.8) is 0 Å². The number of anilines is 1. The molecule has 274 valence electrons. The zero-order chi connectivity index (χ0) is 36.6. The number of fused-ring (bicyclic) bond motifs is 5. The molecule has 2 aliphatic carbocycles. The number of aldehydes is 1.